The van der Waals surface area contributed by atoms with E-state index in [1.807, 2.05) is 19.2 Å². The second-order valence-corrected chi connectivity index (χ2v) is 4.27. The fourth-order valence-electron chi connectivity index (χ4n) is 1.96. The van der Waals surface area contributed by atoms with E-state index >= 15 is 0 Å². The van der Waals surface area contributed by atoms with Gasteiger partial charge in [0.05, 0.1) is 0 Å². The maximum Gasteiger partial charge on any atom is 0.166 e. The summed E-state index contributed by atoms with van der Waals surface area (Å²) in [7, 11) is 1.98. The Labute approximate surface area is 113 Å². The van der Waals surface area contributed by atoms with E-state index in [-0.39, 0.29) is 0 Å². The van der Waals surface area contributed by atoms with Gasteiger partial charge in [-0.25, -0.2) is 9.97 Å². The van der Waals surface area contributed by atoms with Crippen LogP contribution in [-0.4, -0.2) is 17.0 Å². The predicted octanol–water partition coefficient (Wildman–Crippen LogP) is 2.73. The van der Waals surface area contributed by atoms with Crippen LogP contribution in [0, 0.1) is 0 Å². The predicted molar refractivity (Wildman–Crippen MR) is 74.9 cm³/mol. The lowest BCUT2D eigenvalue weighted by Crippen LogP contribution is -2.14. The zero-order valence-electron chi connectivity index (χ0n) is 11.3. The van der Waals surface area contributed by atoms with Crippen LogP contribution in [0.2, 0.25) is 0 Å². The molecule has 4 heteroatoms. The summed E-state index contributed by atoms with van der Waals surface area (Å²) in [4.78, 5) is 8.24. The summed E-state index contributed by atoms with van der Waals surface area (Å²) in [5.74, 6) is 1.52. The first-order valence-corrected chi connectivity index (χ1v) is 6.49. The first-order valence-electron chi connectivity index (χ1n) is 6.49. The molecule has 0 aliphatic carbocycles. The van der Waals surface area contributed by atoms with Gasteiger partial charge >= 0.3 is 0 Å². The largest absolute Gasteiger partial charge is 0.486 e. The highest BCUT2D eigenvalue weighted by molar-refractivity contribution is 5.29. The van der Waals surface area contributed by atoms with Crippen LogP contribution >= 0.6 is 0 Å². The molecule has 0 radical (unpaired) electrons. The standard InChI is InChI=1S/C15H19N3O/c1-3-14(16-2)12-5-7-13(8-6-12)19-11-15-17-9-4-10-18-15/h4-10,14,16H,3,11H2,1-2H3. The molecule has 0 aliphatic rings. The number of rotatable bonds is 6. The maximum atomic E-state index is 5.65. The summed E-state index contributed by atoms with van der Waals surface area (Å²) in [6.07, 6.45) is 4.50. The molecule has 1 atom stereocenters. The maximum absolute atomic E-state index is 5.65. The molecule has 1 aromatic carbocycles. The van der Waals surface area contributed by atoms with Gasteiger partial charge in [-0.1, -0.05) is 19.1 Å². The lowest BCUT2D eigenvalue weighted by atomic mass is 10.1. The highest BCUT2D eigenvalue weighted by Crippen LogP contribution is 2.20. The van der Waals surface area contributed by atoms with Crippen LogP contribution in [0.15, 0.2) is 42.7 Å². The number of hydrogen-bond donors (Lipinski definition) is 1. The number of aromatic nitrogens is 2. The van der Waals surface area contributed by atoms with Crippen molar-refractivity contribution in [1.82, 2.24) is 15.3 Å². The molecule has 1 unspecified atom stereocenters. The van der Waals surface area contributed by atoms with Gasteiger partial charge in [-0.2, -0.15) is 0 Å². The average molecular weight is 257 g/mol. The summed E-state index contributed by atoms with van der Waals surface area (Å²) in [5, 5.41) is 3.28. The first kappa shape index (κ1) is 13.5. The number of benzene rings is 1. The summed E-state index contributed by atoms with van der Waals surface area (Å²) in [6, 6.07) is 10.3. The normalized spacial score (nSPS) is 12.1. The monoisotopic (exact) mass is 257 g/mol. The Morgan fingerprint density at radius 3 is 2.42 bits per heavy atom. The molecule has 1 heterocycles. The zero-order chi connectivity index (χ0) is 13.5. The molecule has 1 aromatic heterocycles. The van der Waals surface area contributed by atoms with Crippen molar-refractivity contribution < 1.29 is 4.74 Å². The molecule has 100 valence electrons. The van der Waals surface area contributed by atoms with Crippen molar-refractivity contribution >= 4 is 0 Å². The van der Waals surface area contributed by atoms with E-state index in [4.69, 9.17) is 4.74 Å². The summed E-state index contributed by atoms with van der Waals surface area (Å²) < 4.78 is 5.65. The van der Waals surface area contributed by atoms with Crippen molar-refractivity contribution in [3.8, 4) is 5.75 Å². The molecule has 1 N–H and O–H groups in total. The van der Waals surface area contributed by atoms with Gasteiger partial charge < -0.3 is 10.1 Å². The first-order chi connectivity index (χ1) is 9.33. The molecule has 0 bridgehead atoms. The molecule has 19 heavy (non-hydrogen) atoms. The molecule has 0 aliphatic heterocycles. The molecule has 0 amide bonds. The lowest BCUT2D eigenvalue weighted by Gasteiger charge is -2.14. The quantitative estimate of drug-likeness (QED) is 0.864. The lowest BCUT2D eigenvalue weighted by molar-refractivity contribution is 0.295. The van der Waals surface area contributed by atoms with Crippen LogP contribution in [-0.2, 0) is 6.61 Å². The molecule has 0 fully saturated rings. The van der Waals surface area contributed by atoms with Crippen LogP contribution in [0.3, 0.4) is 0 Å². The molecule has 0 spiro atoms. The summed E-state index contributed by atoms with van der Waals surface area (Å²) >= 11 is 0. The van der Waals surface area contributed by atoms with E-state index in [1.54, 1.807) is 18.5 Å². The fraction of sp³-hybridized carbons (Fsp3) is 0.333. The Morgan fingerprint density at radius 1 is 1.16 bits per heavy atom. The Bertz CT molecular complexity index is 481. The van der Waals surface area contributed by atoms with Crippen LogP contribution in [0.25, 0.3) is 0 Å². The number of nitrogens with one attached hydrogen (secondary N) is 1. The van der Waals surface area contributed by atoms with Gasteiger partial charge in [0.1, 0.15) is 12.4 Å². The topological polar surface area (TPSA) is 47.0 Å². The van der Waals surface area contributed by atoms with Gasteiger partial charge in [0.2, 0.25) is 0 Å². The van der Waals surface area contributed by atoms with E-state index < -0.39 is 0 Å². The van der Waals surface area contributed by atoms with Crippen molar-refractivity contribution in [2.24, 2.45) is 0 Å². The number of ether oxygens (including phenoxy) is 1. The van der Waals surface area contributed by atoms with Crippen molar-refractivity contribution in [3.05, 3.63) is 54.1 Å². The SMILES string of the molecule is CCC(NC)c1ccc(OCc2ncccn2)cc1. The summed E-state index contributed by atoms with van der Waals surface area (Å²) in [6.45, 7) is 2.56. The number of hydrogen-bond acceptors (Lipinski definition) is 4. The molecule has 4 nitrogen and oxygen atoms in total. The molecule has 0 saturated heterocycles. The molecular formula is C15H19N3O. The van der Waals surface area contributed by atoms with Gasteiger partial charge in [-0.3, -0.25) is 0 Å². The van der Waals surface area contributed by atoms with Crippen LogP contribution in [0.1, 0.15) is 30.8 Å². The third-order valence-corrected chi connectivity index (χ3v) is 3.03. The smallest absolute Gasteiger partial charge is 0.166 e. The van der Waals surface area contributed by atoms with Gasteiger partial charge in [-0.05, 0) is 37.2 Å². The van der Waals surface area contributed by atoms with Crippen molar-refractivity contribution in [3.63, 3.8) is 0 Å². The molecule has 2 aromatic rings. The fourth-order valence-corrected chi connectivity index (χ4v) is 1.96. The molecular weight excluding hydrogens is 238 g/mol. The van der Waals surface area contributed by atoms with E-state index in [9.17, 15) is 0 Å². The Kier molecular flexibility index (Phi) is 4.86. The summed E-state index contributed by atoms with van der Waals surface area (Å²) in [5.41, 5.74) is 1.27. The molecule has 2 rings (SSSR count). The third kappa shape index (κ3) is 3.76. The second kappa shape index (κ2) is 6.85. The van der Waals surface area contributed by atoms with E-state index in [2.05, 4.69) is 34.3 Å². The highest BCUT2D eigenvalue weighted by Gasteiger charge is 2.06. The van der Waals surface area contributed by atoms with Crippen molar-refractivity contribution in [1.29, 1.82) is 0 Å². The Hall–Kier alpha value is -1.94. The van der Waals surface area contributed by atoms with E-state index in [0.29, 0.717) is 18.5 Å². The third-order valence-electron chi connectivity index (χ3n) is 3.03. The van der Waals surface area contributed by atoms with E-state index in [1.165, 1.54) is 5.56 Å². The number of nitrogens with zero attached hydrogens (tertiary/aromatic N) is 2. The van der Waals surface area contributed by atoms with Gasteiger partial charge in [0.15, 0.2) is 5.82 Å². The van der Waals surface area contributed by atoms with Crippen LogP contribution < -0.4 is 10.1 Å². The van der Waals surface area contributed by atoms with Crippen molar-refractivity contribution in [2.45, 2.75) is 26.0 Å². The van der Waals surface area contributed by atoms with Gasteiger partial charge in [-0.15, -0.1) is 0 Å². The minimum atomic E-state index is 0.392. The van der Waals surface area contributed by atoms with Crippen LogP contribution in [0.5, 0.6) is 5.75 Å². The average Bonchev–Trinajstić information content (AvgIpc) is 2.49. The second-order valence-electron chi connectivity index (χ2n) is 4.27. The highest BCUT2D eigenvalue weighted by atomic mass is 16.5. The minimum absolute atomic E-state index is 0.392. The van der Waals surface area contributed by atoms with Crippen LogP contribution in [0.4, 0.5) is 0 Å². The van der Waals surface area contributed by atoms with Gasteiger partial charge in [0, 0.05) is 18.4 Å². The molecule has 0 saturated carbocycles. The Morgan fingerprint density at radius 2 is 1.84 bits per heavy atom. The van der Waals surface area contributed by atoms with Crippen molar-refractivity contribution in [2.75, 3.05) is 7.05 Å². The zero-order valence-corrected chi connectivity index (χ0v) is 11.3. The minimum Gasteiger partial charge on any atom is -0.486 e. The van der Waals surface area contributed by atoms with Gasteiger partial charge in [0.25, 0.3) is 0 Å². The Balaban J connectivity index is 1.95. The van der Waals surface area contributed by atoms with E-state index in [0.717, 1.165) is 12.2 Å².